The molecule has 158 valence electrons. The molecule has 0 amide bonds. The van der Waals surface area contributed by atoms with E-state index in [4.69, 9.17) is 20.0 Å². The van der Waals surface area contributed by atoms with E-state index >= 15 is 0 Å². The van der Waals surface area contributed by atoms with E-state index in [9.17, 15) is 0 Å². The molecule has 0 saturated heterocycles. The largest absolute Gasteiger partial charge is 0.493 e. The average Bonchev–Trinajstić information content (AvgIpc) is 3.05. The molecule has 1 aliphatic carbocycles. The standard InChI is InChI=1S/C24H21N3O2.C2H6/c1-17-22(16-28-23-5-3-4-19(12-25)10-11-23)14-27-18(2)24(17)29-15-21-8-6-20(13-26)7-9-21;1-2/h3-4,6-11,14H,5,15-16H2,1-2H3;1-2H3. The number of aromatic nitrogens is 1. The van der Waals surface area contributed by atoms with Gasteiger partial charge in [0.05, 0.1) is 29.0 Å². The average molecular weight is 414 g/mol. The molecule has 0 spiro atoms. The summed E-state index contributed by atoms with van der Waals surface area (Å²) in [5.41, 5.74) is 4.97. The fraction of sp³-hybridized carbons (Fsp3) is 0.269. The van der Waals surface area contributed by atoms with Crippen LogP contribution in [0.1, 0.15) is 48.2 Å². The zero-order valence-corrected chi connectivity index (χ0v) is 18.5. The smallest absolute Gasteiger partial charge is 0.144 e. The van der Waals surface area contributed by atoms with Crippen molar-refractivity contribution in [2.75, 3.05) is 0 Å². The van der Waals surface area contributed by atoms with Crippen LogP contribution in [0.2, 0.25) is 0 Å². The maximum atomic E-state index is 8.99. The first-order valence-corrected chi connectivity index (χ1v) is 10.3. The highest BCUT2D eigenvalue weighted by molar-refractivity contribution is 5.42. The first kappa shape index (κ1) is 23.4. The highest BCUT2D eigenvalue weighted by Gasteiger charge is 2.12. The van der Waals surface area contributed by atoms with Gasteiger partial charge in [0.2, 0.25) is 0 Å². The van der Waals surface area contributed by atoms with Crippen LogP contribution in [-0.4, -0.2) is 4.98 Å². The van der Waals surface area contributed by atoms with Crippen LogP contribution in [0, 0.1) is 36.5 Å². The lowest BCUT2D eigenvalue weighted by atomic mass is 10.1. The topological polar surface area (TPSA) is 78.9 Å². The molecule has 5 nitrogen and oxygen atoms in total. The molecule has 0 N–H and O–H groups in total. The molecule has 2 aromatic rings. The molecule has 1 aromatic carbocycles. The minimum Gasteiger partial charge on any atom is -0.493 e. The van der Waals surface area contributed by atoms with Crippen LogP contribution in [0.15, 0.2) is 66.1 Å². The van der Waals surface area contributed by atoms with Gasteiger partial charge in [-0.1, -0.05) is 32.1 Å². The van der Waals surface area contributed by atoms with Crippen LogP contribution >= 0.6 is 0 Å². The normalized spacial score (nSPS) is 12.2. The van der Waals surface area contributed by atoms with Crippen molar-refractivity contribution in [3.8, 4) is 17.9 Å². The summed E-state index contributed by atoms with van der Waals surface area (Å²) in [6.45, 7) is 8.69. The van der Waals surface area contributed by atoms with Crippen LogP contribution in [0.25, 0.3) is 0 Å². The van der Waals surface area contributed by atoms with E-state index in [-0.39, 0.29) is 0 Å². The molecule has 0 atom stereocenters. The van der Waals surface area contributed by atoms with Gasteiger partial charge in [-0.3, -0.25) is 4.98 Å². The summed E-state index contributed by atoms with van der Waals surface area (Å²) < 4.78 is 12.0. The monoisotopic (exact) mass is 413 g/mol. The second kappa shape index (κ2) is 12.0. The molecule has 3 rings (SSSR count). The Morgan fingerprint density at radius 1 is 0.968 bits per heavy atom. The number of hydrogen-bond acceptors (Lipinski definition) is 5. The molecule has 31 heavy (non-hydrogen) atoms. The van der Waals surface area contributed by atoms with Crippen molar-refractivity contribution in [2.45, 2.75) is 47.3 Å². The van der Waals surface area contributed by atoms with E-state index in [2.05, 4.69) is 17.1 Å². The molecule has 0 saturated carbocycles. The zero-order valence-electron chi connectivity index (χ0n) is 18.5. The summed E-state index contributed by atoms with van der Waals surface area (Å²) in [5, 5.41) is 17.9. The first-order chi connectivity index (χ1) is 15.1. The molecule has 1 heterocycles. The van der Waals surface area contributed by atoms with Crippen LogP contribution in [0.3, 0.4) is 0 Å². The van der Waals surface area contributed by atoms with E-state index in [0.717, 1.165) is 33.9 Å². The lowest BCUT2D eigenvalue weighted by Gasteiger charge is -2.16. The SMILES string of the molecule is CC.Cc1ncc(COC2=CC=C(C#N)C=CC2)c(C)c1OCc1ccc(C#N)cc1. The Bertz CT molecular complexity index is 1070. The van der Waals surface area contributed by atoms with Gasteiger partial charge in [0, 0.05) is 23.7 Å². The van der Waals surface area contributed by atoms with Crippen molar-refractivity contribution in [2.24, 2.45) is 0 Å². The fourth-order valence-corrected chi connectivity index (χ4v) is 2.90. The van der Waals surface area contributed by atoms with Crippen molar-refractivity contribution in [1.82, 2.24) is 4.98 Å². The summed E-state index contributed by atoms with van der Waals surface area (Å²) in [7, 11) is 0. The summed E-state index contributed by atoms with van der Waals surface area (Å²) in [5.74, 6) is 1.54. The Morgan fingerprint density at radius 2 is 1.71 bits per heavy atom. The number of hydrogen-bond donors (Lipinski definition) is 0. The van der Waals surface area contributed by atoms with E-state index < -0.39 is 0 Å². The Balaban J connectivity index is 0.00000166. The third kappa shape index (κ3) is 6.59. The van der Waals surface area contributed by atoms with Gasteiger partial charge in [-0.15, -0.1) is 0 Å². The van der Waals surface area contributed by atoms with Gasteiger partial charge in [0.1, 0.15) is 24.7 Å². The molecule has 1 aliphatic rings. The van der Waals surface area contributed by atoms with Crippen LogP contribution < -0.4 is 4.74 Å². The van der Waals surface area contributed by atoms with Gasteiger partial charge in [-0.2, -0.15) is 10.5 Å². The molecule has 5 heteroatoms. The number of rotatable bonds is 6. The van der Waals surface area contributed by atoms with Crippen molar-refractivity contribution >= 4 is 0 Å². The molecular formula is C26H27N3O2. The van der Waals surface area contributed by atoms with Crippen molar-refractivity contribution in [1.29, 1.82) is 10.5 Å². The second-order valence-electron chi connectivity index (χ2n) is 6.68. The Morgan fingerprint density at radius 3 is 2.39 bits per heavy atom. The predicted octanol–water partition coefficient (Wildman–Crippen LogP) is 5.99. The Hall–Kier alpha value is -3.83. The minimum atomic E-state index is 0.377. The van der Waals surface area contributed by atoms with Gasteiger partial charge < -0.3 is 9.47 Å². The molecule has 1 aromatic heterocycles. The van der Waals surface area contributed by atoms with Gasteiger partial charge in [0.25, 0.3) is 0 Å². The number of aryl methyl sites for hydroxylation is 1. The number of pyridine rings is 1. The van der Waals surface area contributed by atoms with Crippen molar-refractivity contribution in [3.05, 3.63) is 94.0 Å². The lowest BCUT2D eigenvalue weighted by Crippen LogP contribution is -2.04. The third-order valence-electron chi connectivity index (χ3n) is 4.64. The number of benzene rings is 1. The van der Waals surface area contributed by atoms with Crippen LogP contribution in [-0.2, 0) is 18.0 Å². The van der Waals surface area contributed by atoms with Crippen molar-refractivity contribution < 1.29 is 9.47 Å². The Labute approximate surface area is 184 Å². The lowest BCUT2D eigenvalue weighted by molar-refractivity contribution is 0.193. The highest BCUT2D eigenvalue weighted by Crippen LogP contribution is 2.27. The Kier molecular flexibility index (Phi) is 9.08. The van der Waals surface area contributed by atoms with Crippen molar-refractivity contribution in [3.63, 3.8) is 0 Å². The number of nitriles is 2. The van der Waals surface area contributed by atoms with E-state index in [1.54, 1.807) is 24.3 Å². The summed E-state index contributed by atoms with van der Waals surface area (Å²) in [6, 6.07) is 11.6. The summed E-state index contributed by atoms with van der Waals surface area (Å²) >= 11 is 0. The predicted molar refractivity (Wildman–Crippen MR) is 121 cm³/mol. The quantitative estimate of drug-likeness (QED) is 0.581. The third-order valence-corrected chi connectivity index (χ3v) is 4.64. The van der Waals surface area contributed by atoms with Gasteiger partial charge in [-0.25, -0.2) is 0 Å². The fourth-order valence-electron chi connectivity index (χ4n) is 2.90. The maximum Gasteiger partial charge on any atom is 0.144 e. The second-order valence-corrected chi connectivity index (χ2v) is 6.68. The van der Waals surface area contributed by atoms with Gasteiger partial charge in [-0.05, 0) is 49.8 Å². The molecule has 0 bridgehead atoms. The number of nitrogens with zero attached hydrogens (tertiary/aromatic N) is 3. The first-order valence-electron chi connectivity index (χ1n) is 10.3. The van der Waals surface area contributed by atoms with E-state index in [0.29, 0.717) is 30.8 Å². The van der Waals surface area contributed by atoms with Gasteiger partial charge in [0.15, 0.2) is 0 Å². The van der Waals surface area contributed by atoms with Gasteiger partial charge >= 0.3 is 0 Å². The number of allylic oxidation sites excluding steroid dienone is 5. The molecule has 0 aliphatic heterocycles. The number of ether oxygens (including phenoxy) is 2. The highest BCUT2D eigenvalue weighted by atomic mass is 16.5. The summed E-state index contributed by atoms with van der Waals surface area (Å²) in [6.07, 6.45) is 9.74. The maximum absolute atomic E-state index is 8.99. The van der Waals surface area contributed by atoms with Crippen LogP contribution in [0.4, 0.5) is 0 Å². The minimum absolute atomic E-state index is 0.377. The molecule has 0 fully saturated rings. The zero-order chi connectivity index (χ0) is 22.6. The van der Waals surface area contributed by atoms with E-state index in [1.807, 2.05) is 58.2 Å². The molecule has 0 radical (unpaired) electrons. The molecule has 0 unspecified atom stereocenters. The van der Waals surface area contributed by atoms with E-state index in [1.165, 1.54) is 0 Å². The summed E-state index contributed by atoms with van der Waals surface area (Å²) in [4.78, 5) is 4.45. The van der Waals surface area contributed by atoms with Crippen LogP contribution in [0.5, 0.6) is 5.75 Å². The molecular weight excluding hydrogens is 386 g/mol.